The number of aromatic nitrogens is 3. The summed E-state index contributed by atoms with van der Waals surface area (Å²) in [5, 5.41) is 10.3. The second kappa shape index (κ2) is 8.56. The first-order valence-corrected chi connectivity index (χ1v) is 9.13. The van der Waals surface area contributed by atoms with Gasteiger partial charge in [-0.3, -0.25) is 0 Å². The minimum atomic E-state index is -0.263. The number of pyridine rings is 1. The fraction of sp³-hybridized carbons (Fsp3) is 0.286. The van der Waals surface area contributed by atoms with E-state index >= 15 is 0 Å². The Morgan fingerprint density at radius 1 is 1.21 bits per heavy atom. The van der Waals surface area contributed by atoms with Gasteiger partial charge in [0.2, 0.25) is 5.88 Å². The highest BCUT2D eigenvalue weighted by atomic mass is 16.5. The van der Waals surface area contributed by atoms with Crippen molar-refractivity contribution >= 4 is 6.03 Å². The van der Waals surface area contributed by atoms with Crippen LogP contribution in [0.5, 0.6) is 5.88 Å². The number of hydrogen-bond donors (Lipinski definition) is 2. The van der Waals surface area contributed by atoms with Gasteiger partial charge in [0.25, 0.3) is 0 Å². The lowest BCUT2D eigenvalue weighted by molar-refractivity contribution is 0.237. The molecule has 0 aliphatic rings. The van der Waals surface area contributed by atoms with Crippen LogP contribution in [-0.4, -0.2) is 27.9 Å². The summed E-state index contributed by atoms with van der Waals surface area (Å²) in [5.74, 6) is 0.506. The summed E-state index contributed by atoms with van der Waals surface area (Å²) < 4.78 is 7.08. The first-order chi connectivity index (χ1) is 13.5. The average Bonchev–Trinajstić information content (AvgIpc) is 3.08. The maximum atomic E-state index is 12.3. The van der Waals surface area contributed by atoms with Crippen molar-refractivity contribution in [2.24, 2.45) is 0 Å². The highest BCUT2D eigenvalue weighted by molar-refractivity contribution is 5.74. The highest BCUT2D eigenvalue weighted by Crippen LogP contribution is 2.20. The summed E-state index contributed by atoms with van der Waals surface area (Å²) >= 11 is 0. The van der Waals surface area contributed by atoms with E-state index in [9.17, 15) is 4.79 Å². The highest BCUT2D eigenvalue weighted by Gasteiger charge is 2.16. The third kappa shape index (κ3) is 4.31. The molecule has 7 heteroatoms. The van der Waals surface area contributed by atoms with Gasteiger partial charge in [0, 0.05) is 29.6 Å². The van der Waals surface area contributed by atoms with E-state index in [0.29, 0.717) is 12.4 Å². The molecule has 1 aromatic carbocycles. The molecule has 0 aliphatic heterocycles. The van der Waals surface area contributed by atoms with E-state index in [1.54, 1.807) is 19.5 Å². The molecule has 0 bridgehead atoms. The van der Waals surface area contributed by atoms with Crippen LogP contribution in [0, 0.1) is 13.8 Å². The third-order valence-corrected chi connectivity index (χ3v) is 4.62. The number of hydrogen-bond acceptors (Lipinski definition) is 4. The molecule has 3 aromatic rings. The molecule has 0 spiro atoms. The van der Waals surface area contributed by atoms with Crippen LogP contribution in [-0.2, 0) is 6.54 Å². The molecular formula is C21H25N5O2. The minimum absolute atomic E-state index is 0.185. The second-order valence-corrected chi connectivity index (χ2v) is 6.65. The fourth-order valence-electron chi connectivity index (χ4n) is 3.04. The first-order valence-electron chi connectivity index (χ1n) is 9.13. The van der Waals surface area contributed by atoms with Gasteiger partial charge in [-0.25, -0.2) is 14.5 Å². The zero-order valence-corrected chi connectivity index (χ0v) is 16.6. The number of aryl methyl sites for hydroxylation is 1. The maximum absolute atomic E-state index is 12.3. The summed E-state index contributed by atoms with van der Waals surface area (Å²) in [6, 6.07) is 11.4. The van der Waals surface area contributed by atoms with Crippen LogP contribution in [0.15, 0.2) is 48.8 Å². The molecule has 2 heterocycles. The van der Waals surface area contributed by atoms with Crippen LogP contribution in [0.25, 0.3) is 5.69 Å². The first kappa shape index (κ1) is 19.4. The molecule has 2 N–H and O–H groups in total. The molecule has 2 aromatic heterocycles. The molecule has 2 amide bonds. The summed E-state index contributed by atoms with van der Waals surface area (Å²) in [5.41, 5.74) is 4.97. The summed E-state index contributed by atoms with van der Waals surface area (Å²) in [7, 11) is 1.56. The molecule has 0 saturated heterocycles. The van der Waals surface area contributed by atoms with Gasteiger partial charge in [-0.1, -0.05) is 23.8 Å². The monoisotopic (exact) mass is 379 g/mol. The van der Waals surface area contributed by atoms with Crippen molar-refractivity contribution in [3.05, 3.63) is 71.2 Å². The predicted molar refractivity (Wildman–Crippen MR) is 108 cm³/mol. The Kier molecular flexibility index (Phi) is 5.93. The number of rotatable bonds is 6. The molecule has 0 aliphatic carbocycles. The molecule has 0 unspecified atom stereocenters. The maximum Gasteiger partial charge on any atom is 0.315 e. The number of urea groups is 1. The van der Waals surface area contributed by atoms with E-state index in [-0.39, 0.29) is 12.1 Å². The molecule has 146 valence electrons. The molecule has 3 rings (SSSR count). The van der Waals surface area contributed by atoms with Crippen LogP contribution >= 0.6 is 0 Å². The van der Waals surface area contributed by atoms with E-state index in [1.807, 2.05) is 42.8 Å². The fourth-order valence-corrected chi connectivity index (χ4v) is 3.04. The van der Waals surface area contributed by atoms with E-state index in [1.165, 1.54) is 5.56 Å². The van der Waals surface area contributed by atoms with Crippen molar-refractivity contribution in [1.29, 1.82) is 0 Å². The average molecular weight is 379 g/mol. The molecule has 7 nitrogen and oxygen atoms in total. The van der Waals surface area contributed by atoms with Crippen LogP contribution < -0.4 is 15.4 Å². The Bertz CT molecular complexity index is 950. The Morgan fingerprint density at radius 2 is 1.96 bits per heavy atom. The van der Waals surface area contributed by atoms with Gasteiger partial charge in [0.05, 0.1) is 25.0 Å². The van der Waals surface area contributed by atoms with Gasteiger partial charge in [-0.05, 0) is 39.0 Å². The van der Waals surface area contributed by atoms with Gasteiger partial charge in [-0.15, -0.1) is 0 Å². The van der Waals surface area contributed by atoms with Crippen molar-refractivity contribution in [2.45, 2.75) is 33.4 Å². The van der Waals surface area contributed by atoms with E-state index in [2.05, 4.69) is 39.8 Å². The second-order valence-electron chi connectivity index (χ2n) is 6.65. The quantitative estimate of drug-likeness (QED) is 0.687. The smallest absolute Gasteiger partial charge is 0.315 e. The number of benzene rings is 1. The third-order valence-electron chi connectivity index (χ3n) is 4.62. The van der Waals surface area contributed by atoms with Crippen molar-refractivity contribution in [2.75, 3.05) is 7.11 Å². The summed E-state index contributed by atoms with van der Waals surface area (Å²) in [4.78, 5) is 16.4. The van der Waals surface area contributed by atoms with E-state index in [0.717, 1.165) is 22.5 Å². The van der Waals surface area contributed by atoms with E-state index in [4.69, 9.17) is 4.74 Å². The van der Waals surface area contributed by atoms with Crippen LogP contribution in [0.2, 0.25) is 0 Å². The largest absolute Gasteiger partial charge is 0.481 e. The van der Waals surface area contributed by atoms with Crippen LogP contribution in [0.4, 0.5) is 4.79 Å². The standard InChI is InChI=1S/C21H25N5O2/c1-14-7-9-18(10-8-14)26-16(3)19(13-24-26)15(2)25-21(27)23-12-17-6-5-11-22-20(17)28-4/h5-11,13,15H,12H2,1-4H3,(H2,23,25,27)/t15-/m1/s1. The Hall–Kier alpha value is -3.35. The summed E-state index contributed by atoms with van der Waals surface area (Å²) in [6.45, 7) is 6.32. The lowest BCUT2D eigenvalue weighted by Gasteiger charge is -2.15. The van der Waals surface area contributed by atoms with Crippen molar-refractivity contribution < 1.29 is 9.53 Å². The van der Waals surface area contributed by atoms with Gasteiger partial charge in [0.15, 0.2) is 0 Å². The number of carbonyl (C=O) groups excluding carboxylic acids is 1. The zero-order valence-electron chi connectivity index (χ0n) is 16.6. The molecule has 28 heavy (non-hydrogen) atoms. The lowest BCUT2D eigenvalue weighted by atomic mass is 10.1. The predicted octanol–water partition coefficient (Wildman–Crippen LogP) is 3.45. The number of amides is 2. The van der Waals surface area contributed by atoms with Gasteiger partial charge >= 0.3 is 6.03 Å². The molecular weight excluding hydrogens is 354 g/mol. The number of ether oxygens (including phenoxy) is 1. The Labute approximate surface area is 164 Å². The molecule has 0 radical (unpaired) electrons. The van der Waals surface area contributed by atoms with Crippen molar-refractivity contribution in [1.82, 2.24) is 25.4 Å². The van der Waals surface area contributed by atoms with Crippen LogP contribution in [0.1, 0.15) is 35.3 Å². The number of nitrogens with zero attached hydrogens (tertiary/aromatic N) is 3. The topological polar surface area (TPSA) is 81.1 Å². The summed E-state index contributed by atoms with van der Waals surface area (Å²) in [6.07, 6.45) is 3.45. The molecule has 1 atom stereocenters. The normalized spacial score (nSPS) is 11.7. The van der Waals surface area contributed by atoms with Crippen molar-refractivity contribution in [3.63, 3.8) is 0 Å². The van der Waals surface area contributed by atoms with Gasteiger partial charge in [-0.2, -0.15) is 5.10 Å². The zero-order chi connectivity index (χ0) is 20.1. The Morgan fingerprint density at radius 3 is 2.68 bits per heavy atom. The van der Waals surface area contributed by atoms with Gasteiger partial charge in [0.1, 0.15) is 0 Å². The van der Waals surface area contributed by atoms with Crippen molar-refractivity contribution in [3.8, 4) is 11.6 Å². The number of carbonyl (C=O) groups is 1. The Balaban J connectivity index is 1.63. The number of methoxy groups -OCH3 is 1. The van der Waals surface area contributed by atoms with Gasteiger partial charge < -0.3 is 15.4 Å². The lowest BCUT2D eigenvalue weighted by Crippen LogP contribution is -2.36. The SMILES string of the molecule is COc1ncccc1CNC(=O)N[C@H](C)c1cnn(-c2ccc(C)cc2)c1C. The van der Waals surface area contributed by atoms with E-state index < -0.39 is 0 Å². The number of nitrogens with one attached hydrogen (secondary N) is 2. The molecule has 0 fully saturated rings. The van der Waals surface area contributed by atoms with Crippen LogP contribution in [0.3, 0.4) is 0 Å². The minimum Gasteiger partial charge on any atom is -0.481 e. The molecule has 0 saturated carbocycles.